The van der Waals surface area contributed by atoms with Gasteiger partial charge in [0, 0.05) is 12.6 Å². The third-order valence-corrected chi connectivity index (χ3v) is 5.84. The molecule has 1 aliphatic heterocycles. The number of sulfonamides is 1. The van der Waals surface area contributed by atoms with Crippen molar-refractivity contribution in [3.05, 3.63) is 29.8 Å². The highest BCUT2D eigenvalue weighted by Gasteiger charge is 2.36. The number of hydrogen-bond donors (Lipinski definition) is 1. The highest BCUT2D eigenvalue weighted by atomic mass is 32.2. The molecule has 23 heavy (non-hydrogen) atoms. The van der Waals surface area contributed by atoms with E-state index >= 15 is 0 Å². The quantitative estimate of drug-likeness (QED) is 0.891. The third-order valence-electron chi connectivity index (χ3n) is 3.76. The fraction of sp³-hybridized carbons (Fsp3) is 0.533. The summed E-state index contributed by atoms with van der Waals surface area (Å²) in [7, 11) is -3.52. The summed E-state index contributed by atoms with van der Waals surface area (Å²) in [5.41, 5.74) is -0.158. The molecule has 1 N–H and O–H groups in total. The molecule has 1 aromatic carbocycles. The van der Waals surface area contributed by atoms with Crippen LogP contribution in [0.4, 0.5) is 14.5 Å². The van der Waals surface area contributed by atoms with Crippen LogP contribution in [0.15, 0.2) is 18.2 Å². The number of rotatable bonds is 5. The molecule has 1 saturated heterocycles. The molecule has 0 saturated carbocycles. The first-order valence-corrected chi connectivity index (χ1v) is 9.21. The molecule has 0 aromatic heterocycles. The van der Waals surface area contributed by atoms with Gasteiger partial charge in [-0.05, 0) is 31.4 Å². The maximum Gasteiger partial charge on any atom is 0.242 e. The van der Waals surface area contributed by atoms with E-state index in [-0.39, 0.29) is 18.0 Å². The Bertz CT molecular complexity index is 679. The van der Waals surface area contributed by atoms with Gasteiger partial charge in [0.05, 0.1) is 11.4 Å². The van der Waals surface area contributed by atoms with Crippen LogP contribution in [0.3, 0.4) is 0 Å². The normalized spacial score (nSPS) is 19.5. The summed E-state index contributed by atoms with van der Waals surface area (Å²) in [4.78, 5) is 12.4. The van der Waals surface area contributed by atoms with Crippen LogP contribution in [-0.2, 0) is 14.8 Å². The Morgan fingerprint density at radius 3 is 2.74 bits per heavy atom. The lowest BCUT2D eigenvalue weighted by atomic mass is 10.0. The first kappa shape index (κ1) is 17.8. The Morgan fingerprint density at radius 1 is 1.35 bits per heavy atom. The Balaban J connectivity index is 2.18. The number of nitrogens with one attached hydrogen (secondary N) is 1. The van der Waals surface area contributed by atoms with Crippen molar-refractivity contribution in [2.24, 2.45) is 0 Å². The number of nitrogens with zero attached hydrogens (tertiary/aromatic N) is 1. The molecule has 1 unspecified atom stereocenters. The fourth-order valence-corrected chi connectivity index (χ4v) is 4.43. The van der Waals surface area contributed by atoms with Gasteiger partial charge >= 0.3 is 0 Å². The highest BCUT2D eigenvalue weighted by molar-refractivity contribution is 7.89. The van der Waals surface area contributed by atoms with E-state index in [2.05, 4.69) is 5.32 Å². The van der Waals surface area contributed by atoms with Gasteiger partial charge < -0.3 is 5.32 Å². The molecule has 1 fully saturated rings. The van der Waals surface area contributed by atoms with Gasteiger partial charge in [-0.3, -0.25) is 4.79 Å². The molecule has 1 aliphatic rings. The molecule has 1 atom stereocenters. The minimum atomic E-state index is -3.52. The van der Waals surface area contributed by atoms with Crippen molar-refractivity contribution in [1.82, 2.24) is 4.31 Å². The van der Waals surface area contributed by atoms with Crippen LogP contribution < -0.4 is 5.32 Å². The van der Waals surface area contributed by atoms with E-state index in [1.807, 2.05) is 0 Å². The summed E-state index contributed by atoms with van der Waals surface area (Å²) in [6, 6.07) is 1.97. The van der Waals surface area contributed by atoms with Crippen LogP contribution >= 0.6 is 0 Å². The van der Waals surface area contributed by atoms with E-state index in [1.54, 1.807) is 6.92 Å². The molecule has 1 aromatic rings. The third kappa shape index (κ3) is 4.26. The van der Waals surface area contributed by atoms with Crippen LogP contribution in [0.2, 0.25) is 0 Å². The molecule has 8 heteroatoms. The van der Waals surface area contributed by atoms with Gasteiger partial charge in [0.2, 0.25) is 15.9 Å². The van der Waals surface area contributed by atoms with Crippen molar-refractivity contribution >= 4 is 21.6 Å². The molecule has 0 radical (unpaired) electrons. The molecule has 1 amide bonds. The van der Waals surface area contributed by atoms with Crippen molar-refractivity contribution in [2.45, 2.75) is 38.6 Å². The lowest BCUT2D eigenvalue weighted by molar-refractivity contribution is -0.120. The predicted molar refractivity (Wildman–Crippen MR) is 83.4 cm³/mol. The van der Waals surface area contributed by atoms with E-state index in [4.69, 9.17) is 0 Å². The van der Waals surface area contributed by atoms with Gasteiger partial charge in [-0.2, -0.15) is 4.31 Å². The highest BCUT2D eigenvalue weighted by Crippen LogP contribution is 2.23. The number of carbonyl (C=O) groups is 1. The molecule has 2 rings (SSSR count). The number of halogens is 2. The minimum Gasteiger partial charge on any atom is -0.322 e. The van der Waals surface area contributed by atoms with Crippen molar-refractivity contribution in [3.63, 3.8) is 0 Å². The molecule has 1 heterocycles. The van der Waals surface area contributed by atoms with Crippen LogP contribution in [-0.4, -0.2) is 37.0 Å². The molecule has 0 spiro atoms. The number of anilines is 1. The SMILES string of the molecule is CCCS(=O)(=O)N1CCCCC1C(=O)Nc1ccc(F)cc1F. The van der Waals surface area contributed by atoms with Crippen molar-refractivity contribution in [2.75, 3.05) is 17.6 Å². The van der Waals surface area contributed by atoms with Crippen LogP contribution in [0, 0.1) is 11.6 Å². The van der Waals surface area contributed by atoms with Crippen molar-refractivity contribution in [3.8, 4) is 0 Å². The van der Waals surface area contributed by atoms with E-state index in [0.29, 0.717) is 25.3 Å². The standard InChI is InChI=1S/C15H20F2N2O3S/c1-2-9-23(21,22)19-8-4-3-5-14(19)15(20)18-13-7-6-11(16)10-12(13)17/h6-7,10,14H,2-5,8-9H2,1H3,(H,18,20). The molecule has 0 bridgehead atoms. The second-order valence-electron chi connectivity index (χ2n) is 5.55. The van der Waals surface area contributed by atoms with Crippen molar-refractivity contribution in [1.29, 1.82) is 0 Å². The molecule has 5 nitrogen and oxygen atoms in total. The van der Waals surface area contributed by atoms with Crippen LogP contribution in [0.5, 0.6) is 0 Å². The molecule has 0 aliphatic carbocycles. The maximum atomic E-state index is 13.6. The monoisotopic (exact) mass is 346 g/mol. The zero-order valence-electron chi connectivity index (χ0n) is 12.9. The summed E-state index contributed by atoms with van der Waals surface area (Å²) in [5.74, 6) is -2.25. The van der Waals surface area contributed by atoms with E-state index in [0.717, 1.165) is 18.6 Å². The Labute approximate surface area is 134 Å². The molecular weight excluding hydrogens is 326 g/mol. The number of carbonyl (C=O) groups excluding carboxylic acids is 1. The summed E-state index contributed by atoms with van der Waals surface area (Å²) in [5, 5.41) is 2.36. The van der Waals surface area contributed by atoms with E-state index in [9.17, 15) is 22.0 Å². The van der Waals surface area contributed by atoms with E-state index < -0.39 is 33.6 Å². The average molecular weight is 346 g/mol. The number of benzene rings is 1. The van der Waals surface area contributed by atoms with E-state index in [1.165, 1.54) is 4.31 Å². The Morgan fingerprint density at radius 2 is 2.09 bits per heavy atom. The predicted octanol–water partition coefficient (Wildman–Crippen LogP) is 2.50. The first-order chi connectivity index (χ1) is 10.8. The topological polar surface area (TPSA) is 66.5 Å². The van der Waals surface area contributed by atoms with Gasteiger partial charge in [0.1, 0.15) is 17.7 Å². The van der Waals surface area contributed by atoms with Gasteiger partial charge in [-0.1, -0.05) is 13.3 Å². The van der Waals surface area contributed by atoms with Gasteiger partial charge in [0.15, 0.2) is 0 Å². The summed E-state index contributed by atoms with van der Waals surface area (Å²) in [6.07, 6.45) is 2.26. The van der Waals surface area contributed by atoms with Crippen molar-refractivity contribution < 1.29 is 22.0 Å². The number of hydrogen-bond acceptors (Lipinski definition) is 3. The minimum absolute atomic E-state index is 0.0261. The second-order valence-corrected chi connectivity index (χ2v) is 7.59. The first-order valence-electron chi connectivity index (χ1n) is 7.60. The number of piperidine rings is 1. The van der Waals surface area contributed by atoms with Crippen LogP contribution in [0.1, 0.15) is 32.6 Å². The Kier molecular flexibility index (Phi) is 5.69. The fourth-order valence-electron chi connectivity index (χ4n) is 2.68. The summed E-state index contributed by atoms with van der Waals surface area (Å²) < 4.78 is 52.3. The molecular formula is C15H20F2N2O3S. The number of amides is 1. The maximum absolute atomic E-state index is 13.6. The van der Waals surface area contributed by atoms with Gasteiger partial charge in [-0.15, -0.1) is 0 Å². The van der Waals surface area contributed by atoms with Gasteiger partial charge in [0.25, 0.3) is 0 Å². The van der Waals surface area contributed by atoms with Crippen LogP contribution in [0.25, 0.3) is 0 Å². The molecule has 128 valence electrons. The zero-order chi connectivity index (χ0) is 17.0. The largest absolute Gasteiger partial charge is 0.322 e. The lowest BCUT2D eigenvalue weighted by Crippen LogP contribution is -2.50. The smallest absolute Gasteiger partial charge is 0.242 e. The van der Waals surface area contributed by atoms with Gasteiger partial charge in [-0.25, -0.2) is 17.2 Å². The average Bonchev–Trinajstić information content (AvgIpc) is 2.50. The summed E-state index contributed by atoms with van der Waals surface area (Å²) >= 11 is 0. The summed E-state index contributed by atoms with van der Waals surface area (Å²) in [6.45, 7) is 2.04. The lowest BCUT2D eigenvalue weighted by Gasteiger charge is -2.33. The zero-order valence-corrected chi connectivity index (χ0v) is 13.7. The second kappa shape index (κ2) is 7.35. The Hall–Kier alpha value is -1.54.